The van der Waals surface area contributed by atoms with Crippen LogP contribution in [0.15, 0.2) is 66.7 Å². The fraction of sp³-hybridized carbons (Fsp3) is 0.310. The van der Waals surface area contributed by atoms with Crippen LogP contribution in [0.25, 0.3) is 0 Å². The second-order valence-electron chi connectivity index (χ2n) is 8.95. The molecule has 0 amide bonds. The summed E-state index contributed by atoms with van der Waals surface area (Å²) < 4.78 is 16.6. The largest absolute Gasteiger partial charge is 0.493 e. The van der Waals surface area contributed by atoms with Crippen LogP contribution < -0.4 is 9.47 Å². The lowest BCUT2D eigenvalue weighted by molar-refractivity contribution is -0.152. The van der Waals surface area contributed by atoms with Crippen molar-refractivity contribution >= 4 is 11.8 Å². The standard InChI is InChI=1S/C29H30O5/c1-20-7-6-8-21(15-20)13-14-34-27-16-22(11-12-26(27)32-2)25(30)19-29(28(31)33-3)17-23-9-4-5-10-24(23)18-29/h4-12,15-16H,13-14,17-19H2,1-3H3. The van der Waals surface area contributed by atoms with E-state index in [9.17, 15) is 9.59 Å². The molecule has 0 bridgehead atoms. The van der Waals surface area contributed by atoms with Crippen molar-refractivity contribution in [3.05, 3.63) is 94.5 Å². The van der Waals surface area contributed by atoms with E-state index < -0.39 is 5.41 Å². The first-order valence-electron chi connectivity index (χ1n) is 11.5. The maximum absolute atomic E-state index is 13.4. The number of benzene rings is 3. The number of methoxy groups -OCH3 is 2. The minimum absolute atomic E-state index is 0.0728. The third-order valence-electron chi connectivity index (χ3n) is 6.51. The van der Waals surface area contributed by atoms with E-state index in [1.165, 1.54) is 18.2 Å². The van der Waals surface area contributed by atoms with E-state index in [4.69, 9.17) is 14.2 Å². The van der Waals surface area contributed by atoms with Crippen molar-refractivity contribution in [2.75, 3.05) is 20.8 Å². The molecule has 0 saturated heterocycles. The zero-order chi connectivity index (χ0) is 24.1. The number of hydrogen-bond acceptors (Lipinski definition) is 5. The summed E-state index contributed by atoms with van der Waals surface area (Å²) in [6.45, 7) is 2.52. The second kappa shape index (κ2) is 10.1. The molecule has 5 nitrogen and oxygen atoms in total. The maximum atomic E-state index is 13.4. The SMILES string of the molecule is COC(=O)C1(CC(=O)c2ccc(OC)c(OCCc3cccc(C)c3)c2)Cc2ccccc2C1. The van der Waals surface area contributed by atoms with E-state index in [0.29, 0.717) is 36.5 Å². The van der Waals surface area contributed by atoms with Gasteiger partial charge in [0.1, 0.15) is 0 Å². The Balaban J connectivity index is 1.50. The van der Waals surface area contributed by atoms with Gasteiger partial charge in [-0.15, -0.1) is 0 Å². The molecular formula is C29H30O5. The van der Waals surface area contributed by atoms with Gasteiger partial charge in [0.25, 0.3) is 0 Å². The predicted molar refractivity (Wildman–Crippen MR) is 131 cm³/mol. The van der Waals surface area contributed by atoms with Crippen LogP contribution in [0, 0.1) is 12.3 Å². The van der Waals surface area contributed by atoms with Gasteiger partial charge in [-0.25, -0.2) is 0 Å². The summed E-state index contributed by atoms with van der Waals surface area (Å²) in [5.41, 5.74) is 4.18. The smallest absolute Gasteiger partial charge is 0.312 e. The van der Waals surface area contributed by atoms with Crippen LogP contribution in [0.2, 0.25) is 0 Å². The lowest BCUT2D eigenvalue weighted by atomic mass is 9.78. The summed E-state index contributed by atoms with van der Waals surface area (Å²) >= 11 is 0. The van der Waals surface area contributed by atoms with Crippen LogP contribution >= 0.6 is 0 Å². The number of carbonyl (C=O) groups is 2. The summed E-state index contributed by atoms with van der Waals surface area (Å²) in [7, 11) is 2.96. The highest BCUT2D eigenvalue weighted by atomic mass is 16.5. The van der Waals surface area contributed by atoms with Crippen molar-refractivity contribution in [3.8, 4) is 11.5 Å². The van der Waals surface area contributed by atoms with E-state index in [1.807, 2.05) is 30.3 Å². The van der Waals surface area contributed by atoms with E-state index in [2.05, 4.69) is 25.1 Å². The van der Waals surface area contributed by atoms with Gasteiger partial charge in [0, 0.05) is 18.4 Å². The Bertz CT molecular complexity index is 1170. The van der Waals surface area contributed by atoms with Gasteiger partial charge in [-0.3, -0.25) is 9.59 Å². The lowest BCUT2D eigenvalue weighted by Crippen LogP contribution is -2.35. The highest BCUT2D eigenvalue weighted by molar-refractivity contribution is 6.00. The molecule has 34 heavy (non-hydrogen) atoms. The molecule has 0 fully saturated rings. The maximum Gasteiger partial charge on any atom is 0.312 e. The van der Waals surface area contributed by atoms with Crippen LogP contribution in [-0.2, 0) is 28.8 Å². The molecule has 0 spiro atoms. The summed E-state index contributed by atoms with van der Waals surface area (Å²) in [6.07, 6.45) is 1.81. The second-order valence-corrected chi connectivity index (χ2v) is 8.95. The zero-order valence-corrected chi connectivity index (χ0v) is 19.9. The van der Waals surface area contributed by atoms with Crippen molar-refractivity contribution in [2.24, 2.45) is 5.41 Å². The quantitative estimate of drug-likeness (QED) is 0.328. The lowest BCUT2D eigenvalue weighted by Gasteiger charge is -2.25. The van der Waals surface area contributed by atoms with Gasteiger partial charge in [-0.05, 0) is 54.7 Å². The topological polar surface area (TPSA) is 61.8 Å². The number of carbonyl (C=O) groups excluding carboxylic acids is 2. The number of hydrogen-bond donors (Lipinski definition) is 0. The van der Waals surface area contributed by atoms with Crippen molar-refractivity contribution in [2.45, 2.75) is 32.6 Å². The molecule has 0 heterocycles. The normalized spacial score (nSPS) is 13.7. The third-order valence-corrected chi connectivity index (χ3v) is 6.51. The molecule has 176 valence electrons. The van der Waals surface area contributed by atoms with Crippen LogP contribution in [0.4, 0.5) is 0 Å². The van der Waals surface area contributed by atoms with Gasteiger partial charge in [-0.2, -0.15) is 0 Å². The Kier molecular flexibility index (Phi) is 7.01. The Morgan fingerprint density at radius 3 is 2.26 bits per heavy atom. The highest BCUT2D eigenvalue weighted by Crippen LogP contribution is 2.42. The molecule has 5 heteroatoms. The van der Waals surface area contributed by atoms with Crippen LogP contribution in [0.3, 0.4) is 0 Å². The van der Waals surface area contributed by atoms with Crippen LogP contribution in [0.5, 0.6) is 11.5 Å². The molecule has 1 aliphatic carbocycles. The fourth-order valence-corrected chi connectivity index (χ4v) is 4.77. The molecule has 0 saturated carbocycles. The van der Waals surface area contributed by atoms with E-state index in [-0.39, 0.29) is 18.2 Å². The average Bonchev–Trinajstić information content (AvgIpc) is 3.22. The molecule has 3 aromatic rings. The van der Waals surface area contributed by atoms with Crippen LogP contribution in [-0.4, -0.2) is 32.6 Å². The Morgan fingerprint density at radius 2 is 1.62 bits per heavy atom. The van der Waals surface area contributed by atoms with E-state index in [0.717, 1.165) is 17.5 Å². The molecule has 0 aliphatic heterocycles. The molecular weight excluding hydrogens is 428 g/mol. The summed E-state index contributed by atoms with van der Waals surface area (Å²) in [5, 5.41) is 0. The number of fused-ring (bicyclic) bond motifs is 1. The van der Waals surface area contributed by atoms with Gasteiger partial charge in [0.15, 0.2) is 17.3 Å². The Labute approximate surface area is 200 Å². The molecule has 0 radical (unpaired) electrons. The number of aryl methyl sites for hydroxylation is 1. The molecule has 0 unspecified atom stereocenters. The third kappa shape index (κ3) is 4.98. The fourth-order valence-electron chi connectivity index (χ4n) is 4.77. The van der Waals surface area contributed by atoms with Crippen LogP contribution in [0.1, 0.15) is 39.0 Å². The van der Waals surface area contributed by atoms with Gasteiger partial charge in [0.05, 0.1) is 26.2 Å². The molecule has 0 atom stereocenters. The molecule has 1 aliphatic rings. The van der Waals surface area contributed by atoms with E-state index in [1.54, 1.807) is 25.3 Å². The summed E-state index contributed by atoms with van der Waals surface area (Å²) in [6, 6.07) is 21.4. The van der Waals surface area contributed by atoms with E-state index >= 15 is 0 Å². The first-order chi connectivity index (χ1) is 16.4. The number of Topliss-reactive ketones (excluding diaryl/α,β-unsaturated/α-hetero) is 1. The summed E-state index contributed by atoms with van der Waals surface area (Å²) in [5.74, 6) is 0.615. The minimum atomic E-state index is -0.887. The first kappa shape index (κ1) is 23.6. The summed E-state index contributed by atoms with van der Waals surface area (Å²) in [4.78, 5) is 26.2. The molecule has 0 aromatic heterocycles. The predicted octanol–water partition coefficient (Wildman–Crippen LogP) is 5.16. The molecule has 3 aromatic carbocycles. The monoisotopic (exact) mass is 458 g/mol. The van der Waals surface area contributed by atoms with Crippen molar-refractivity contribution in [3.63, 3.8) is 0 Å². The minimum Gasteiger partial charge on any atom is -0.493 e. The molecule has 0 N–H and O–H groups in total. The number of rotatable bonds is 9. The van der Waals surface area contributed by atoms with Crippen molar-refractivity contribution in [1.29, 1.82) is 0 Å². The highest BCUT2D eigenvalue weighted by Gasteiger charge is 2.46. The zero-order valence-electron chi connectivity index (χ0n) is 19.9. The number of esters is 1. The molecule has 4 rings (SSSR count). The van der Waals surface area contributed by atoms with Gasteiger partial charge in [-0.1, -0.05) is 54.1 Å². The van der Waals surface area contributed by atoms with Gasteiger partial charge in [0.2, 0.25) is 0 Å². The van der Waals surface area contributed by atoms with Gasteiger partial charge < -0.3 is 14.2 Å². The number of ketones is 1. The van der Waals surface area contributed by atoms with Gasteiger partial charge >= 0.3 is 5.97 Å². The Morgan fingerprint density at radius 1 is 0.882 bits per heavy atom. The Hall–Kier alpha value is -3.60. The van der Waals surface area contributed by atoms with Crippen molar-refractivity contribution < 1.29 is 23.8 Å². The number of ether oxygens (including phenoxy) is 3. The average molecular weight is 459 g/mol. The first-order valence-corrected chi connectivity index (χ1v) is 11.5. The van der Waals surface area contributed by atoms with Crippen molar-refractivity contribution in [1.82, 2.24) is 0 Å².